The number of nitrogens with zero attached hydrogens (tertiary/aromatic N) is 2. The maximum absolute atomic E-state index is 13.7. The van der Waals surface area contributed by atoms with Gasteiger partial charge in [0.2, 0.25) is 0 Å². The van der Waals surface area contributed by atoms with Crippen molar-refractivity contribution in [3.05, 3.63) is 77.4 Å². The number of carbonyl (C=O) groups excluding carboxylic acids is 1. The van der Waals surface area contributed by atoms with Crippen molar-refractivity contribution in [1.82, 2.24) is 4.90 Å². The van der Waals surface area contributed by atoms with E-state index in [0.29, 0.717) is 17.0 Å². The molecule has 0 aliphatic heterocycles. The van der Waals surface area contributed by atoms with Gasteiger partial charge in [-0.15, -0.1) is 11.3 Å². The summed E-state index contributed by atoms with van der Waals surface area (Å²) in [7, 11) is -0.559. The molecule has 9 heteroatoms. The Bertz CT molecular complexity index is 1100. The number of amides is 1. The predicted molar refractivity (Wildman–Crippen MR) is 115 cm³/mol. The average Bonchev–Trinajstić information content (AvgIpc) is 3.29. The molecule has 0 saturated carbocycles. The largest absolute Gasteiger partial charge is 0.484 e. The molecule has 158 valence electrons. The van der Waals surface area contributed by atoms with Crippen molar-refractivity contribution in [2.24, 2.45) is 0 Å². The summed E-state index contributed by atoms with van der Waals surface area (Å²) in [6.45, 7) is -0.0766. The first kappa shape index (κ1) is 21.8. The van der Waals surface area contributed by atoms with E-state index in [1.54, 1.807) is 67.0 Å². The van der Waals surface area contributed by atoms with Crippen LogP contribution in [0.1, 0.15) is 5.56 Å². The van der Waals surface area contributed by atoms with Gasteiger partial charge in [-0.25, -0.2) is 12.8 Å². The van der Waals surface area contributed by atoms with E-state index in [1.165, 1.54) is 22.3 Å². The van der Waals surface area contributed by atoms with Gasteiger partial charge >= 0.3 is 0 Å². The summed E-state index contributed by atoms with van der Waals surface area (Å²) in [4.78, 5) is 13.6. The zero-order valence-corrected chi connectivity index (χ0v) is 18.1. The molecule has 0 spiro atoms. The van der Waals surface area contributed by atoms with Crippen molar-refractivity contribution in [2.75, 3.05) is 25.0 Å². The van der Waals surface area contributed by atoms with Gasteiger partial charge in [0, 0.05) is 26.2 Å². The molecule has 0 N–H and O–H groups in total. The molecule has 0 bridgehead atoms. The van der Waals surface area contributed by atoms with Crippen LogP contribution in [-0.2, 0) is 21.4 Å². The van der Waals surface area contributed by atoms with Crippen LogP contribution in [0, 0.1) is 5.82 Å². The Morgan fingerprint density at radius 2 is 1.73 bits per heavy atom. The Kier molecular flexibility index (Phi) is 6.73. The van der Waals surface area contributed by atoms with Crippen molar-refractivity contribution in [2.45, 2.75) is 10.8 Å². The number of halogens is 1. The Morgan fingerprint density at radius 1 is 1.03 bits per heavy atom. The Balaban J connectivity index is 1.58. The molecule has 0 aliphatic carbocycles. The molecule has 0 aliphatic rings. The van der Waals surface area contributed by atoms with Gasteiger partial charge in [-0.05, 0) is 41.8 Å². The number of likely N-dealkylation sites (N-methyl/N-ethyl adjacent to an activating group) is 1. The number of hydrogen-bond donors (Lipinski definition) is 0. The van der Waals surface area contributed by atoms with Crippen molar-refractivity contribution in [3.63, 3.8) is 0 Å². The Labute approximate surface area is 179 Å². The normalized spacial score (nSPS) is 11.2. The molecule has 6 nitrogen and oxygen atoms in total. The number of sulfonamides is 1. The van der Waals surface area contributed by atoms with E-state index in [1.807, 2.05) is 0 Å². The second kappa shape index (κ2) is 9.27. The van der Waals surface area contributed by atoms with Gasteiger partial charge < -0.3 is 9.64 Å². The fraction of sp³-hybridized carbons (Fsp3) is 0.190. The van der Waals surface area contributed by atoms with Crippen molar-refractivity contribution in [1.29, 1.82) is 0 Å². The van der Waals surface area contributed by atoms with Crippen LogP contribution < -0.4 is 9.04 Å². The molecule has 2 aromatic carbocycles. The van der Waals surface area contributed by atoms with E-state index >= 15 is 0 Å². The SMILES string of the molecule is CN(Cc1ccccc1F)C(=O)COc1ccc(N(C)S(=O)(=O)c2cccs2)cc1. The standard InChI is InChI=1S/C21H21FN2O4S2/c1-23(14-16-6-3-4-7-19(16)22)20(25)15-28-18-11-9-17(10-12-18)24(2)30(26,27)21-8-5-13-29-21/h3-13H,14-15H2,1-2H3. The highest BCUT2D eigenvalue weighted by atomic mass is 32.2. The molecule has 0 unspecified atom stereocenters. The third-order valence-corrected chi connectivity index (χ3v) is 7.62. The number of rotatable bonds is 8. The monoisotopic (exact) mass is 448 g/mol. The number of ether oxygens (including phenoxy) is 1. The van der Waals surface area contributed by atoms with Crippen molar-refractivity contribution >= 4 is 33.0 Å². The van der Waals surface area contributed by atoms with Gasteiger partial charge in [0.1, 0.15) is 15.8 Å². The number of thiophene rings is 1. The number of carbonyl (C=O) groups is 1. The minimum atomic E-state index is -3.61. The maximum Gasteiger partial charge on any atom is 0.273 e. The van der Waals surface area contributed by atoms with Crippen LogP contribution in [0.3, 0.4) is 0 Å². The zero-order valence-electron chi connectivity index (χ0n) is 16.5. The number of benzene rings is 2. The minimum absolute atomic E-state index is 0.138. The molecular formula is C21H21FN2O4S2. The second-order valence-electron chi connectivity index (χ2n) is 6.53. The van der Waals surface area contributed by atoms with Crippen molar-refractivity contribution in [3.8, 4) is 5.75 Å². The van der Waals surface area contributed by atoms with Crippen LogP contribution in [0.2, 0.25) is 0 Å². The Morgan fingerprint density at radius 3 is 2.37 bits per heavy atom. The van der Waals surface area contributed by atoms with Gasteiger partial charge in [-0.3, -0.25) is 9.10 Å². The summed E-state index contributed by atoms with van der Waals surface area (Å²) < 4.78 is 45.8. The molecular weight excluding hydrogens is 427 g/mol. The summed E-state index contributed by atoms with van der Waals surface area (Å²) in [5, 5.41) is 1.71. The average molecular weight is 449 g/mol. The molecule has 30 heavy (non-hydrogen) atoms. The van der Waals surface area contributed by atoms with E-state index in [0.717, 1.165) is 11.3 Å². The molecule has 0 radical (unpaired) electrons. The lowest BCUT2D eigenvalue weighted by molar-refractivity contribution is -0.132. The summed E-state index contributed by atoms with van der Waals surface area (Å²) in [5.74, 6) is -0.247. The fourth-order valence-electron chi connectivity index (χ4n) is 2.66. The first-order chi connectivity index (χ1) is 14.3. The molecule has 1 amide bonds. The van der Waals surface area contributed by atoms with E-state index in [9.17, 15) is 17.6 Å². The van der Waals surface area contributed by atoms with Gasteiger partial charge in [-0.2, -0.15) is 0 Å². The van der Waals surface area contributed by atoms with E-state index < -0.39 is 10.0 Å². The third kappa shape index (κ3) is 4.98. The second-order valence-corrected chi connectivity index (χ2v) is 9.67. The fourth-order valence-corrected chi connectivity index (χ4v) is 5.02. The van der Waals surface area contributed by atoms with Gasteiger partial charge in [0.05, 0.1) is 5.69 Å². The first-order valence-electron chi connectivity index (χ1n) is 9.01. The molecule has 1 aromatic heterocycles. The van der Waals surface area contributed by atoms with E-state index in [4.69, 9.17) is 4.74 Å². The van der Waals surface area contributed by atoms with Gasteiger partial charge in [0.15, 0.2) is 6.61 Å². The van der Waals surface area contributed by atoms with Gasteiger partial charge in [-0.1, -0.05) is 24.3 Å². The highest BCUT2D eigenvalue weighted by Crippen LogP contribution is 2.26. The lowest BCUT2D eigenvalue weighted by Crippen LogP contribution is -2.31. The van der Waals surface area contributed by atoms with E-state index in [2.05, 4.69) is 0 Å². The zero-order chi connectivity index (χ0) is 21.7. The molecule has 3 rings (SSSR count). The highest BCUT2D eigenvalue weighted by molar-refractivity contribution is 7.94. The third-order valence-electron chi connectivity index (χ3n) is 4.46. The minimum Gasteiger partial charge on any atom is -0.484 e. The molecule has 0 atom stereocenters. The summed E-state index contributed by atoms with van der Waals surface area (Å²) in [5.41, 5.74) is 0.895. The quantitative estimate of drug-likeness (QED) is 0.526. The summed E-state index contributed by atoms with van der Waals surface area (Å²) in [6.07, 6.45) is 0. The van der Waals surface area contributed by atoms with Crippen LogP contribution in [0.25, 0.3) is 0 Å². The van der Waals surface area contributed by atoms with Crippen LogP contribution in [0.15, 0.2) is 70.3 Å². The first-order valence-corrected chi connectivity index (χ1v) is 11.3. The molecule has 1 heterocycles. The predicted octanol–water partition coefficient (Wildman–Crippen LogP) is 3.75. The van der Waals surface area contributed by atoms with Crippen LogP contribution in [0.5, 0.6) is 5.75 Å². The van der Waals surface area contributed by atoms with Crippen LogP contribution in [0.4, 0.5) is 10.1 Å². The Hall–Kier alpha value is -2.91. The molecule has 3 aromatic rings. The van der Waals surface area contributed by atoms with Crippen molar-refractivity contribution < 1.29 is 22.3 Å². The highest BCUT2D eigenvalue weighted by Gasteiger charge is 2.22. The van der Waals surface area contributed by atoms with Gasteiger partial charge in [0.25, 0.3) is 15.9 Å². The smallest absolute Gasteiger partial charge is 0.273 e. The number of hydrogen-bond acceptors (Lipinski definition) is 5. The summed E-state index contributed by atoms with van der Waals surface area (Å²) >= 11 is 1.15. The molecule has 0 fully saturated rings. The topological polar surface area (TPSA) is 66.9 Å². The van der Waals surface area contributed by atoms with Crippen LogP contribution >= 0.6 is 11.3 Å². The lowest BCUT2D eigenvalue weighted by atomic mass is 10.2. The maximum atomic E-state index is 13.7. The van der Waals surface area contributed by atoms with Crippen LogP contribution in [-0.4, -0.2) is 39.9 Å². The summed E-state index contributed by atoms with van der Waals surface area (Å²) in [6, 6.07) is 15.9. The number of anilines is 1. The molecule has 0 saturated heterocycles. The van der Waals surface area contributed by atoms with E-state index in [-0.39, 0.29) is 29.1 Å². The lowest BCUT2D eigenvalue weighted by Gasteiger charge is -2.19.